The van der Waals surface area contributed by atoms with Crippen LogP contribution in [0.5, 0.6) is 5.75 Å². The van der Waals surface area contributed by atoms with Gasteiger partial charge in [-0.2, -0.15) is 11.3 Å². The van der Waals surface area contributed by atoms with Crippen LogP contribution in [0.1, 0.15) is 32.6 Å². The molecule has 2 aromatic rings. The van der Waals surface area contributed by atoms with E-state index >= 15 is 0 Å². The fourth-order valence-electron chi connectivity index (χ4n) is 2.15. The molecule has 0 N–H and O–H groups in total. The molecule has 1 aromatic carbocycles. The molecular formula is C15H16O2S. The van der Waals surface area contributed by atoms with Crippen molar-refractivity contribution in [2.45, 2.75) is 20.8 Å². The Morgan fingerprint density at radius 3 is 2.11 bits per heavy atom. The number of hydrogen-bond donors (Lipinski definition) is 0. The molecule has 1 aromatic heterocycles. The smallest absolute Gasteiger partial charge is 0.194 e. The third-order valence-electron chi connectivity index (χ3n) is 3.03. The summed E-state index contributed by atoms with van der Waals surface area (Å²) < 4.78 is 5.32. The van der Waals surface area contributed by atoms with Gasteiger partial charge in [0.05, 0.1) is 7.11 Å². The van der Waals surface area contributed by atoms with Gasteiger partial charge in [0.15, 0.2) is 5.78 Å². The molecule has 2 rings (SSSR count). The number of methoxy groups -OCH3 is 1. The second kappa shape index (κ2) is 4.94. The van der Waals surface area contributed by atoms with E-state index in [1.54, 1.807) is 18.4 Å². The van der Waals surface area contributed by atoms with Crippen molar-refractivity contribution in [2.24, 2.45) is 0 Å². The summed E-state index contributed by atoms with van der Waals surface area (Å²) in [5.41, 5.74) is 4.55. The number of carbonyl (C=O) groups is 1. The zero-order chi connectivity index (χ0) is 13.3. The summed E-state index contributed by atoms with van der Waals surface area (Å²) in [6, 6.07) is 3.79. The first-order valence-corrected chi connectivity index (χ1v) is 6.71. The van der Waals surface area contributed by atoms with Crippen LogP contribution in [0.4, 0.5) is 0 Å². The summed E-state index contributed by atoms with van der Waals surface area (Å²) in [4.78, 5) is 12.4. The van der Waals surface area contributed by atoms with Crippen molar-refractivity contribution in [3.63, 3.8) is 0 Å². The van der Waals surface area contributed by atoms with Crippen LogP contribution in [-0.2, 0) is 0 Å². The molecule has 0 saturated heterocycles. The van der Waals surface area contributed by atoms with Crippen LogP contribution in [0.25, 0.3) is 0 Å². The Bertz CT molecular complexity index is 573. The summed E-state index contributed by atoms with van der Waals surface area (Å²) in [5.74, 6) is 0.941. The van der Waals surface area contributed by atoms with Gasteiger partial charge in [0.25, 0.3) is 0 Å². The van der Waals surface area contributed by atoms with E-state index in [2.05, 4.69) is 0 Å². The fraction of sp³-hybridized carbons (Fsp3) is 0.267. The summed E-state index contributed by atoms with van der Waals surface area (Å²) >= 11 is 1.56. The first kappa shape index (κ1) is 12.8. The zero-order valence-corrected chi connectivity index (χ0v) is 11.9. The molecule has 0 spiro atoms. The van der Waals surface area contributed by atoms with Crippen molar-refractivity contribution in [1.29, 1.82) is 0 Å². The van der Waals surface area contributed by atoms with Crippen molar-refractivity contribution in [2.75, 3.05) is 7.11 Å². The van der Waals surface area contributed by atoms with Crippen molar-refractivity contribution in [3.8, 4) is 5.75 Å². The highest BCUT2D eigenvalue weighted by atomic mass is 32.1. The minimum absolute atomic E-state index is 0.0857. The molecule has 18 heavy (non-hydrogen) atoms. The standard InChI is InChI=1S/C15H16O2S/c1-9-5-12(6-10(2)15(9)17-4)14(16)13-8-18-7-11(13)3/h5-8H,1-4H3. The van der Waals surface area contributed by atoms with E-state index in [-0.39, 0.29) is 5.78 Å². The third-order valence-corrected chi connectivity index (χ3v) is 3.89. The largest absolute Gasteiger partial charge is 0.496 e. The number of hydrogen-bond acceptors (Lipinski definition) is 3. The second-order valence-electron chi connectivity index (χ2n) is 4.44. The monoisotopic (exact) mass is 260 g/mol. The predicted octanol–water partition coefficient (Wildman–Crippen LogP) is 3.91. The topological polar surface area (TPSA) is 26.3 Å². The van der Waals surface area contributed by atoms with E-state index < -0.39 is 0 Å². The van der Waals surface area contributed by atoms with E-state index in [9.17, 15) is 4.79 Å². The van der Waals surface area contributed by atoms with Gasteiger partial charge >= 0.3 is 0 Å². The Morgan fingerprint density at radius 1 is 1.06 bits per heavy atom. The lowest BCUT2D eigenvalue weighted by molar-refractivity contribution is 0.103. The first-order chi connectivity index (χ1) is 8.54. The van der Waals surface area contributed by atoms with Crippen LogP contribution in [0.3, 0.4) is 0 Å². The predicted molar refractivity (Wildman–Crippen MR) is 75.0 cm³/mol. The van der Waals surface area contributed by atoms with Crippen LogP contribution in [0.2, 0.25) is 0 Å². The zero-order valence-electron chi connectivity index (χ0n) is 11.0. The Balaban J connectivity index is 2.47. The molecule has 0 aliphatic heterocycles. The van der Waals surface area contributed by atoms with Gasteiger partial charge in [-0.15, -0.1) is 0 Å². The molecule has 0 aliphatic rings. The molecule has 0 saturated carbocycles. The van der Waals surface area contributed by atoms with E-state index in [0.29, 0.717) is 0 Å². The molecule has 0 fully saturated rings. The van der Waals surface area contributed by atoms with Gasteiger partial charge in [-0.05, 0) is 55.0 Å². The highest BCUT2D eigenvalue weighted by Gasteiger charge is 2.15. The highest BCUT2D eigenvalue weighted by molar-refractivity contribution is 7.08. The number of rotatable bonds is 3. The normalized spacial score (nSPS) is 10.4. The van der Waals surface area contributed by atoms with Crippen molar-refractivity contribution >= 4 is 17.1 Å². The van der Waals surface area contributed by atoms with Gasteiger partial charge in [-0.3, -0.25) is 4.79 Å². The number of benzene rings is 1. The SMILES string of the molecule is COc1c(C)cc(C(=O)c2cscc2C)cc1C. The number of ether oxygens (including phenoxy) is 1. The molecular weight excluding hydrogens is 244 g/mol. The summed E-state index contributed by atoms with van der Waals surface area (Å²) in [7, 11) is 1.65. The molecule has 0 radical (unpaired) electrons. The second-order valence-corrected chi connectivity index (χ2v) is 5.18. The quantitative estimate of drug-likeness (QED) is 0.782. The van der Waals surface area contributed by atoms with E-state index in [4.69, 9.17) is 4.74 Å². The Morgan fingerprint density at radius 2 is 1.67 bits per heavy atom. The number of carbonyl (C=O) groups excluding carboxylic acids is 1. The molecule has 1 heterocycles. The fourth-order valence-corrected chi connectivity index (χ4v) is 2.98. The third kappa shape index (κ3) is 2.18. The highest BCUT2D eigenvalue weighted by Crippen LogP contribution is 2.26. The summed E-state index contributed by atoms with van der Waals surface area (Å²) in [6.45, 7) is 5.89. The molecule has 0 unspecified atom stereocenters. The number of ketones is 1. The molecule has 2 nitrogen and oxygen atoms in total. The van der Waals surface area contributed by atoms with Crippen LogP contribution >= 0.6 is 11.3 Å². The molecule has 3 heteroatoms. The average Bonchev–Trinajstić information content (AvgIpc) is 2.74. The molecule has 0 aliphatic carbocycles. The minimum atomic E-state index is 0.0857. The van der Waals surface area contributed by atoms with Crippen LogP contribution in [0, 0.1) is 20.8 Å². The molecule has 0 amide bonds. The maximum absolute atomic E-state index is 12.4. The Hall–Kier alpha value is -1.61. The van der Waals surface area contributed by atoms with Gasteiger partial charge in [-0.1, -0.05) is 0 Å². The average molecular weight is 260 g/mol. The number of aryl methyl sites for hydroxylation is 3. The lowest BCUT2D eigenvalue weighted by Crippen LogP contribution is -2.03. The van der Waals surface area contributed by atoms with Crippen molar-refractivity contribution < 1.29 is 9.53 Å². The van der Waals surface area contributed by atoms with Crippen molar-refractivity contribution in [1.82, 2.24) is 0 Å². The van der Waals surface area contributed by atoms with Crippen LogP contribution in [0.15, 0.2) is 22.9 Å². The Labute approximate surface area is 111 Å². The van der Waals surface area contributed by atoms with Crippen LogP contribution < -0.4 is 4.74 Å². The van der Waals surface area contributed by atoms with E-state index in [0.717, 1.165) is 33.6 Å². The molecule has 0 bridgehead atoms. The summed E-state index contributed by atoms with van der Waals surface area (Å²) in [5, 5.41) is 3.91. The van der Waals surface area contributed by atoms with Gasteiger partial charge in [-0.25, -0.2) is 0 Å². The maximum Gasteiger partial charge on any atom is 0.194 e. The van der Waals surface area contributed by atoms with Gasteiger partial charge in [0, 0.05) is 16.5 Å². The van der Waals surface area contributed by atoms with E-state index in [1.807, 2.05) is 43.7 Å². The number of thiophene rings is 1. The van der Waals surface area contributed by atoms with Crippen molar-refractivity contribution in [3.05, 3.63) is 50.7 Å². The molecule has 0 atom stereocenters. The van der Waals surface area contributed by atoms with Gasteiger partial charge in [0.2, 0.25) is 0 Å². The lowest BCUT2D eigenvalue weighted by atomic mass is 9.98. The first-order valence-electron chi connectivity index (χ1n) is 5.77. The summed E-state index contributed by atoms with van der Waals surface area (Å²) in [6.07, 6.45) is 0. The van der Waals surface area contributed by atoms with Crippen LogP contribution in [-0.4, -0.2) is 12.9 Å². The van der Waals surface area contributed by atoms with E-state index in [1.165, 1.54) is 0 Å². The van der Waals surface area contributed by atoms with Gasteiger partial charge < -0.3 is 4.74 Å². The Kier molecular flexibility index (Phi) is 3.53. The lowest BCUT2D eigenvalue weighted by Gasteiger charge is -2.10. The maximum atomic E-state index is 12.4. The van der Waals surface area contributed by atoms with Gasteiger partial charge in [0.1, 0.15) is 5.75 Å². The minimum Gasteiger partial charge on any atom is -0.496 e. The molecule has 94 valence electrons.